The van der Waals surface area contributed by atoms with Crippen LogP contribution in [0.25, 0.3) is 0 Å². The average Bonchev–Trinajstić information content (AvgIpc) is 3.19. The molecule has 1 amide bonds. The minimum Gasteiger partial charge on any atom is -0.377 e. The van der Waals surface area contributed by atoms with Crippen LogP contribution in [0.15, 0.2) is 41.4 Å². The van der Waals surface area contributed by atoms with E-state index in [-0.39, 0.29) is 30.4 Å². The maximum absolute atomic E-state index is 15.0. The van der Waals surface area contributed by atoms with Crippen molar-refractivity contribution in [3.63, 3.8) is 0 Å². The zero-order valence-corrected chi connectivity index (χ0v) is 19.0. The van der Waals surface area contributed by atoms with Gasteiger partial charge in [0.2, 0.25) is 16.0 Å². The van der Waals surface area contributed by atoms with E-state index < -0.39 is 32.5 Å². The molecule has 3 N–H and O–H groups in total. The van der Waals surface area contributed by atoms with Crippen molar-refractivity contribution in [1.82, 2.24) is 4.31 Å². The van der Waals surface area contributed by atoms with E-state index in [9.17, 15) is 17.6 Å². The molecule has 1 fully saturated rings. The molecule has 0 radical (unpaired) electrons. The number of carbonyl (C=O) groups is 1. The number of ether oxygens (including phenoxy) is 1. The van der Waals surface area contributed by atoms with Gasteiger partial charge in [-0.25, -0.2) is 22.1 Å². The van der Waals surface area contributed by atoms with Crippen molar-refractivity contribution in [1.29, 1.82) is 0 Å². The maximum Gasteiger partial charge on any atom is 0.255 e. The molecule has 2 aliphatic heterocycles. The van der Waals surface area contributed by atoms with E-state index in [0.29, 0.717) is 17.0 Å². The molecule has 0 bridgehead atoms. The molecule has 0 aliphatic carbocycles. The molecule has 2 atom stereocenters. The summed E-state index contributed by atoms with van der Waals surface area (Å²) in [5.74, 6) is -1.32. The summed E-state index contributed by atoms with van der Waals surface area (Å²) in [6.45, 7) is 1.60. The van der Waals surface area contributed by atoms with Crippen LogP contribution in [0.3, 0.4) is 0 Å². The monoisotopic (exact) mass is 480 g/mol. The quantitative estimate of drug-likeness (QED) is 0.697. The minimum atomic E-state index is -3.92. The summed E-state index contributed by atoms with van der Waals surface area (Å²) < 4.78 is 47.1. The third-order valence-electron chi connectivity index (χ3n) is 5.89. The number of guanidine groups is 1. The summed E-state index contributed by atoms with van der Waals surface area (Å²) in [5.41, 5.74) is 5.79. The Hall–Kier alpha value is -2.69. The Kier molecular flexibility index (Phi) is 5.64. The number of carbonyl (C=O) groups excluding carboxylic acids is 1. The topological polar surface area (TPSA) is 114 Å². The predicted octanol–water partition coefficient (Wildman–Crippen LogP) is 2.48. The Balaban J connectivity index is 1.75. The SMILES string of the molecule is CCc1cc(Cl)ccc1C(=O)Nc1ccc(F)c(C23COCC2S(=O)(=O)N(C)C(N)=N3)c1. The van der Waals surface area contributed by atoms with Gasteiger partial charge in [-0.05, 0) is 48.4 Å². The van der Waals surface area contributed by atoms with Gasteiger partial charge in [0, 0.05) is 28.9 Å². The normalized spacial score (nSPS) is 24.1. The van der Waals surface area contributed by atoms with Gasteiger partial charge in [0.1, 0.15) is 16.6 Å². The molecule has 1 saturated heterocycles. The molecule has 2 unspecified atom stereocenters. The average molecular weight is 481 g/mol. The number of rotatable bonds is 4. The Bertz CT molecular complexity index is 1240. The number of aliphatic imine (C=N–C) groups is 1. The highest BCUT2D eigenvalue weighted by molar-refractivity contribution is 7.90. The number of sulfonamides is 1. The van der Waals surface area contributed by atoms with Crippen LogP contribution >= 0.6 is 11.6 Å². The highest BCUT2D eigenvalue weighted by atomic mass is 35.5. The molecule has 11 heteroatoms. The Morgan fingerprint density at radius 1 is 1.38 bits per heavy atom. The van der Waals surface area contributed by atoms with Gasteiger partial charge in [-0.15, -0.1) is 0 Å². The van der Waals surface area contributed by atoms with Crippen molar-refractivity contribution in [2.45, 2.75) is 24.1 Å². The Labute approximate surface area is 190 Å². The molecule has 0 aromatic heterocycles. The highest BCUT2D eigenvalue weighted by Gasteiger charge is 2.58. The first-order valence-corrected chi connectivity index (χ1v) is 11.8. The lowest BCUT2D eigenvalue weighted by Gasteiger charge is -2.38. The van der Waals surface area contributed by atoms with Gasteiger partial charge in [-0.3, -0.25) is 4.79 Å². The van der Waals surface area contributed by atoms with Crippen LogP contribution in [0.2, 0.25) is 5.02 Å². The molecule has 4 rings (SSSR count). The second-order valence-electron chi connectivity index (χ2n) is 7.71. The Morgan fingerprint density at radius 3 is 2.84 bits per heavy atom. The number of hydrogen-bond donors (Lipinski definition) is 2. The summed E-state index contributed by atoms with van der Waals surface area (Å²) in [6.07, 6.45) is 0.597. The number of hydrogen-bond acceptors (Lipinski definition) is 6. The van der Waals surface area contributed by atoms with Gasteiger partial charge in [0.05, 0.1) is 13.2 Å². The van der Waals surface area contributed by atoms with Gasteiger partial charge < -0.3 is 15.8 Å². The fraction of sp³-hybridized carbons (Fsp3) is 0.333. The summed E-state index contributed by atoms with van der Waals surface area (Å²) in [6, 6.07) is 8.90. The second kappa shape index (κ2) is 8.02. The van der Waals surface area contributed by atoms with Crippen LogP contribution in [-0.4, -0.2) is 50.1 Å². The first-order chi connectivity index (χ1) is 15.1. The smallest absolute Gasteiger partial charge is 0.255 e. The van der Waals surface area contributed by atoms with Crippen LogP contribution < -0.4 is 11.1 Å². The molecular weight excluding hydrogens is 459 g/mol. The first kappa shape index (κ1) is 22.5. The molecule has 2 aliphatic rings. The second-order valence-corrected chi connectivity index (χ2v) is 10.3. The lowest BCUT2D eigenvalue weighted by atomic mass is 9.88. The summed E-state index contributed by atoms with van der Waals surface area (Å²) in [4.78, 5) is 17.2. The number of aryl methyl sites for hydroxylation is 1. The lowest BCUT2D eigenvalue weighted by Crippen LogP contribution is -2.57. The van der Waals surface area contributed by atoms with Crippen molar-refractivity contribution in [3.05, 3.63) is 63.9 Å². The number of nitrogens with one attached hydrogen (secondary N) is 1. The fourth-order valence-electron chi connectivity index (χ4n) is 4.11. The van der Waals surface area contributed by atoms with Crippen molar-refractivity contribution in [3.8, 4) is 0 Å². The number of fused-ring (bicyclic) bond motifs is 1. The molecule has 8 nitrogen and oxygen atoms in total. The Morgan fingerprint density at radius 2 is 2.12 bits per heavy atom. The van der Waals surface area contributed by atoms with Crippen molar-refractivity contribution in [2.24, 2.45) is 10.7 Å². The third kappa shape index (κ3) is 3.52. The number of anilines is 1. The van der Waals surface area contributed by atoms with Gasteiger partial charge in [0.25, 0.3) is 5.91 Å². The molecule has 2 heterocycles. The van der Waals surface area contributed by atoms with E-state index in [1.165, 1.54) is 19.2 Å². The highest BCUT2D eigenvalue weighted by Crippen LogP contribution is 2.44. The van der Waals surface area contributed by atoms with E-state index in [1.807, 2.05) is 6.92 Å². The molecule has 2 aromatic carbocycles. The molecule has 32 heavy (non-hydrogen) atoms. The van der Waals surface area contributed by atoms with Gasteiger partial charge in [0.15, 0.2) is 0 Å². The number of amides is 1. The molecule has 0 spiro atoms. The number of halogens is 2. The van der Waals surface area contributed by atoms with Crippen molar-refractivity contribution < 1.29 is 22.3 Å². The summed E-state index contributed by atoms with van der Waals surface area (Å²) in [7, 11) is -2.62. The third-order valence-corrected chi connectivity index (χ3v) is 8.32. The fourth-order valence-corrected chi connectivity index (χ4v) is 5.99. The molecule has 0 saturated carbocycles. The van der Waals surface area contributed by atoms with E-state index in [2.05, 4.69) is 10.3 Å². The predicted molar refractivity (Wildman–Crippen MR) is 120 cm³/mol. The minimum absolute atomic E-state index is 0.00996. The van der Waals surface area contributed by atoms with E-state index >= 15 is 0 Å². The summed E-state index contributed by atoms with van der Waals surface area (Å²) >= 11 is 6.02. The van der Waals surface area contributed by atoms with Crippen molar-refractivity contribution >= 4 is 39.2 Å². The molecule has 2 aromatic rings. The van der Waals surface area contributed by atoms with Gasteiger partial charge >= 0.3 is 0 Å². The zero-order chi connectivity index (χ0) is 23.3. The zero-order valence-electron chi connectivity index (χ0n) is 17.4. The van der Waals surface area contributed by atoms with Gasteiger partial charge in [-0.1, -0.05) is 18.5 Å². The van der Waals surface area contributed by atoms with Gasteiger partial charge in [-0.2, -0.15) is 0 Å². The van der Waals surface area contributed by atoms with Crippen LogP contribution in [-0.2, 0) is 26.7 Å². The lowest BCUT2D eigenvalue weighted by molar-refractivity contribution is 0.102. The maximum atomic E-state index is 15.0. The molecular formula is C21H22ClFN4O4S. The van der Waals surface area contributed by atoms with E-state index in [4.69, 9.17) is 22.1 Å². The summed E-state index contributed by atoms with van der Waals surface area (Å²) in [5, 5.41) is 2.13. The van der Waals surface area contributed by atoms with Crippen LogP contribution in [0.5, 0.6) is 0 Å². The number of nitrogens with zero attached hydrogens (tertiary/aromatic N) is 2. The standard InChI is InChI=1S/C21H22ClFN4O4S/c1-3-12-8-13(22)4-6-15(12)19(28)25-14-5-7-17(23)16(9-14)21-11-31-10-18(21)32(29,30)27(2)20(24)26-21/h4-9,18H,3,10-11H2,1-2H3,(H2,24,26)(H,25,28). The van der Waals surface area contributed by atoms with E-state index in [0.717, 1.165) is 15.9 Å². The van der Waals surface area contributed by atoms with E-state index in [1.54, 1.807) is 18.2 Å². The largest absolute Gasteiger partial charge is 0.377 e. The number of benzene rings is 2. The molecule has 170 valence electrons. The van der Waals surface area contributed by atoms with Crippen LogP contribution in [0.4, 0.5) is 10.1 Å². The van der Waals surface area contributed by atoms with Crippen LogP contribution in [0.1, 0.15) is 28.4 Å². The van der Waals surface area contributed by atoms with Crippen LogP contribution in [0, 0.1) is 5.82 Å². The first-order valence-electron chi connectivity index (χ1n) is 9.90. The van der Waals surface area contributed by atoms with Crippen molar-refractivity contribution in [2.75, 3.05) is 25.6 Å². The number of nitrogens with two attached hydrogens (primary N) is 1.